The zero-order valence-corrected chi connectivity index (χ0v) is 11.0. The normalized spacial score (nSPS) is 12.1. The van der Waals surface area contributed by atoms with Crippen molar-refractivity contribution in [2.24, 2.45) is 5.73 Å². The Labute approximate surface area is 99.5 Å². The van der Waals surface area contributed by atoms with E-state index in [1.165, 1.54) is 11.1 Å². The van der Waals surface area contributed by atoms with Crippen molar-refractivity contribution < 1.29 is 0 Å². The summed E-state index contributed by atoms with van der Waals surface area (Å²) in [5.41, 5.74) is 8.55. The van der Waals surface area contributed by atoms with Gasteiger partial charge >= 0.3 is 0 Å². The van der Waals surface area contributed by atoms with E-state index in [1.807, 2.05) is 0 Å². The van der Waals surface area contributed by atoms with Gasteiger partial charge in [-0.25, -0.2) is 0 Å². The van der Waals surface area contributed by atoms with Gasteiger partial charge in [-0.1, -0.05) is 36.8 Å². The molecule has 1 aromatic rings. The number of benzene rings is 1. The fourth-order valence-electron chi connectivity index (χ4n) is 1.80. The summed E-state index contributed by atoms with van der Waals surface area (Å²) in [5, 5.41) is 0. The number of nitrogens with zero attached hydrogens (tertiary/aromatic N) is 1. The second-order valence-electron chi connectivity index (χ2n) is 5.02. The highest BCUT2D eigenvalue weighted by molar-refractivity contribution is 5.21. The van der Waals surface area contributed by atoms with Gasteiger partial charge in [-0.05, 0) is 32.9 Å². The molecular formula is C14H24N2. The molecule has 1 rings (SSSR count). The third-order valence-corrected chi connectivity index (χ3v) is 3.23. The van der Waals surface area contributed by atoms with E-state index in [0.717, 1.165) is 13.1 Å². The molecule has 0 aromatic heterocycles. The monoisotopic (exact) mass is 220 g/mol. The van der Waals surface area contributed by atoms with E-state index in [0.29, 0.717) is 6.54 Å². The second-order valence-corrected chi connectivity index (χ2v) is 5.02. The molecule has 16 heavy (non-hydrogen) atoms. The summed E-state index contributed by atoms with van der Waals surface area (Å²) < 4.78 is 0. The lowest BCUT2D eigenvalue weighted by atomic mass is 10.0. The van der Waals surface area contributed by atoms with Crippen LogP contribution in [0.4, 0.5) is 0 Å². The van der Waals surface area contributed by atoms with Crippen LogP contribution in [0.15, 0.2) is 24.3 Å². The minimum atomic E-state index is 0.0691. The first kappa shape index (κ1) is 13.2. The zero-order valence-electron chi connectivity index (χ0n) is 11.0. The van der Waals surface area contributed by atoms with Gasteiger partial charge < -0.3 is 5.73 Å². The van der Waals surface area contributed by atoms with Crippen molar-refractivity contribution in [1.82, 2.24) is 4.90 Å². The predicted octanol–water partition coefficient (Wildman–Crippen LogP) is 2.55. The zero-order chi connectivity index (χ0) is 12.2. The highest BCUT2D eigenvalue weighted by Gasteiger charge is 2.23. The summed E-state index contributed by atoms with van der Waals surface area (Å²) in [6.45, 7) is 11.4. The SMILES string of the molecule is CCN(Cc1ccc(C)cc1)C(C)(C)CN. The molecule has 2 N–H and O–H groups in total. The smallest absolute Gasteiger partial charge is 0.0278 e. The Morgan fingerprint density at radius 3 is 2.19 bits per heavy atom. The van der Waals surface area contributed by atoms with Gasteiger partial charge in [0, 0.05) is 18.6 Å². The first-order valence-corrected chi connectivity index (χ1v) is 6.00. The molecule has 0 aliphatic heterocycles. The van der Waals surface area contributed by atoms with E-state index in [4.69, 9.17) is 5.73 Å². The molecule has 0 heterocycles. The van der Waals surface area contributed by atoms with Gasteiger partial charge in [0.1, 0.15) is 0 Å². The van der Waals surface area contributed by atoms with Crippen LogP contribution in [0.5, 0.6) is 0 Å². The van der Waals surface area contributed by atoms with Gasteiger partial charge in [0.2, 0.25) is 0 Å². The molecule has 1 aromatic carbocycles. The van der Waals surface area contributed by atoms with Crippen molar-refractivity contribution in [1.29, 1.82) is 0 Å². The molecule has 2 heteroatoms. The molecule has 0 saturated carbocycles. The highest BCUT2D eigenvalue weighted by Crippen LogP contribution is 2.16. The Hall–Kier alpha value is -0.860. The quantitative estimate of drug-likeness (QED) is 0.826. The number of nitrogens with two attached hydrogens (primary N) is 1. The van der Waals surface area contributed by atoms with E-state index in [2.05, 4.69) is 56.9 Å². The van der Waals surface area contributed by atoms with Gasteiger partial charge in [-0.2, -0.15) is 0 Å². The molecule has 2 nitrogen and oxygen atoms in total. The van der Waals surface area contributed by atoms with E-state index >= 15 is 0 Å². The van der Waals surface area contributed by atoms with Crippen molar-refractivity contribution in [2.75, 3.05) is 13.1 Å². The third kappa shape index (κ3) is 3.32. The minimum Gasteiger partial charge on any atom is -0.329 e. The van der Waals surface area contributed by atoms with Crippen LogP contribution >= 0.6 is 0 Å². The first-order chi connectivity index (χ1) is 7.49. The summed E-state index contributed by atoms with van der Waals surface area (Å²) in [6.07, 6.45) is 0. The summed E-state index contributed by atoms with van der Waals surface area (Å²) in [4.78, 5) is 2.41. The maximum atomic E-state index is 5.82. The Morgan fingerprint density at radius 1 is 1.19 bits per heavy atom. The minimum absolute atomic E-state index is 0.0691. The van der Waals surface area contributed by atoms with E-state index in [1.54, 1.807) is 0 Å². The van der Waals surface area contributed by atoms with Crippen LogP contribution in [0.2, 0.25) is 0 Å². The van der Waals surface area contributed by atoms with Gasteiger partial charge in [0.25, 0.3) is 0 Å². The molecule has 0 radical (unpaired) electrons. The van der Waals surface area contributed by atoms with E-state index < -0.39 is 0 Å². The number of likely N-dealkylation sites (N-methyl/N-ethyl adjacent to an activating group) is 1. The molecule has 0 aliphatic carbocycles. The molecule has 0 saturated heterocycles. The number of rotatable bonds is 5. The first-order valence-electron chi connectivity index (χ1n) is 6.00. The maximum Gasteiger partial charge on any atom is 0.0278 e. The van der Waals surface area contributed by atoms with E-state index in [-0.39, 0.29) is 5.54 Å². The summed E-state index contributed by atoms with van der Waals surface area (Å²) in [5.74, 6) is 0. The molecule has 0 aliphatic rings. The van der Waals surface area contributed by atoms with Crippen LogP contribution in [0.3, 0.4) is 0 Å². The van der Waals surface area contributed by atoms with Crippen molar-refractivity contribution in [3.63, 3.8) is 0 Å². The number of hydrogen-bond acceptors (Lipinski definition) is 2. The van der Waals surface area contributed by atoms with Crippen molar-refractivity contribution in [2.45, 2.75) is 39.8 Å². The fraction of sp³-hybridized carbons (Fsp3) is 0.571. The molecule has 0 amide bonds. The van der Waals surface area contributed by atoms with Crippen LogP contribution < -0.4 is 5.73 Å². The standard InChI is InChI=1S/C14H24N2/c1-5-16(14(3,4)11-15)10-13-8-6-12(2)7-9-13/h6-9H,5,10-11,15H2,1-4H3. The summed E-state index contributed by atoms with van der Waals surface area (Å²) in [6, 6.07) is 8.73. The highest BCUT2D eigenvalue weighted by atomic mass is 15.2. The van der Waals surface area contributed by atoms with Crippen LogP contribution in [-0.2, 0) is 6.54 Å². The largest absolute Gasteiger partial charge is 0.329 e. The molecule has 0 fully saturated rings. The lowest BCUT2D eigenvalue weighted by molar-refractivity contribution is 0.126. The van der Waals surface area contributed by atoms with Gasteiger partial charge in [0.15, 0.2) is 0 Å². The fourth-order valence-corrected chi connectivity index (χ4v) is 1.80. The Balaban J connectivity index is 2.74. The topological polar surface area (TPSA) is 29.3 Å². The molecule has 0 bridgehead atoms. The second kappa shape index (κ2) is 5.46. The van der Waals surface area contributed by atoms with Crippen molar-refractivity contribution in [3.8, 4) is 0 Å². The molecule has 0 atom stereocenters. The molecule has 90 valence electrons. The average Bonchev–Trinajstić information content (AvgIpc) is 2.28. The van der Waals surface area contributed by atoms with Crippen molar-refractivity contribution >= 4 is 0 Å². The van der Waals surface area contributed by atoms with Gasteiger partial charge in [-0.15, -0.1) is 0 Å². The lowest BCUT2D eigenvalue weighted by Gasteiger charge is -2.37. The van der Waals surface area contributed by atoms with Crippen LogP contribution in [0, 0.1) is 6.92 Å². The van der Waals surface area contributed by atoms with Crippen LogP contribution in [0.1, 0.15) is 31.9 Å². The van der Waals surface area contributed by atoms with Crippen LogP contribution in [0.25, 0.3) is 0 Å². The molecule has 0 spiro atoms. The lowest BCUT2D eigenvalue weighted by Crippen LogP contribution is -2.48. The summed E-state index contributed by atoms with van der Waals surface area (Å²) in [7, 11) is 0. The Morgan fingerprint density at radius 2 is 1.75 bits per heavy atom. The predicted molar refractivity (Wildman–Crippen MR) is 70.4 cm³/mol. The van der Waals surface area contributed by atoms with E-state index in [9.17, 15) is 0 Å². The third-order valence-electron chi connectivity index (χ3n) is 3.23. The molecular weight excluding hydrogens is 196 g/mol. The van der Waals surface area contributed by atoms with Gasteiger partial charge in [-0.3, -0.25) is 4.90 Å². The van der Waals surface area contributed by atoms with Crippen LogP contribution in [-0.4, -0.2) is 23.5 Å². The Kier molecular flexibility index (Phi) is 4.51. The number of hydrogen-bond donors (Lipinski definition) is 1. The Bertz CT molecular complexity index is 314. The maximum absolute atomic E-state index is 5.82. The van der Waals surface area contributed by atoms with Crippen molar-refractivity contribution in [3.05, 3.63) is 35.4 Å². The average molecular weight is 220 g/mol. The summed E-state index contributed by atoms with van der Waals surface area (Å²) >= 11 is 0. The van der Waals surface area contributed by atoms with Gasteiger partial charge in [0.05, 0.1) is 0 Å². The molecule has 0 unspecified atom stereocenters. The number of aryl methyl sites for hydroxylation is 1.